The summed E-state index contributed by atoms with van der Waals surface area (Å²) in [6.45, 7) is 0.149. The first-order valence-corrected chi connectivity index (χ1v) is 7.31. The van der Waals surface area contributed by atoms with Gasteiger partial charge < -0.3 is 15.5 Å². The number of carboxylic acid groups (broad SMARTS) is 1. The fraction of sp³-hybridized carbons (Fsp3) is 0.500. The Morgan fingerprint density at radius 1 is 1.37 bits per heavy atom. The average Bonchev–Trinajstić information content (AvgIpc) is 2.41. The van der Waals surface area contributed by atoms with Gasteiger partial charge in [-0.15, -0.1) is 0 Å². The third kappa shape index (κ3) is 3.48. The first kappa shape index (κ1) is 14.3. The van der Waals surface area contributed by atoms with Crippen molar-refractivity contribution in [1.82, 2.24) is 0 Å². The highest BCUT2D eigenvalue weighted by atomic mass is 79.9. The van der Waals surface area contributed by atoms with Gasteiger partial charge in [0.25, 0.3) is 0 Å². The normalized spacial score (nSPS) is 23.1. The zero-order valence-corrected chi connectivity index (χ0v) is 12.2. The van der Waals surface area contributed by atoms with Crippen LogP contribution >= 0.6 is 15.9 Å². The summed E-state index contributed by atoms with van der Waals surface area (Å²) < 4.78 is 0.748. The second-order valence-electron chi connectivity index (χ2n) is 4.97. The second-order valence-corrected chi connectivity index (χ2v) is 5.89. The third-order valence-corrected chi connectivity index (χ3v) is 4.19. The van der Waals surface area contributed by atoms with Crippen molar-refractivity contribution in [1.29, 1.82) is 0 Å². The number of hydrogen-bond donors (Lipinski definition) is 3. The zero-order chi connectivity index (χ0) is 13.8. The van der Waals surface area contributed by atoms with Crippen molar-refractivity contribution in [3.63, 3.8) is 0 Å². The van der Waals surface area contributed by atoms with Crippen molar-refractivity contribution in [2.75, 3.05) is 11.9 Å². The molecule has 1 saturated carbocycles. The number of aliphatic hydroxyl groups excluding tert-OH is 1. The second kappa shape index (κ2) is 6.39. The van der Waals surface area contributed by atoms with Crippen LogP contribution in [0.4, 0.5) is 5.69 Å². The van der Waals surface area contributed by atoms with Crippen molar-refractivity contribution in [2.45, 2.75) is 31.7 Å². The monoisotopic (exact) mass is 327 g/mol. The summed E-state index contributed by atoms with van der Waals surface area (Å²) in [4.78, 5) is 11.3. The van der Waals surface area contributed by atoms with Gasteiger partial charge in [0, 0.05) is 28.7 Å². The van der Waals surface area contributed by atoms with Crippen LogP contribution in [0.5, 0.6) is 0 Å². The number of anilines is 1. The maximum absolute atomic E-state index is 11.3. The molecular formula is C14H18BrNO3. The number of carbonyl (C=O) groups is 1. The summed E-state index contributed by atoms with van der Waals surface area (Å²) in [5, 5.41) is 21.9. The molecule has 0 aromatic heterocycles. The number of hydrogen-bond acceptors (Lipinski definition) is 3. The first-order valence-electron chi connectivity index (χ1n) is 6.52. The Balaban J connectivity index is 2.20. The highest BCUT2D eigenvalue weighted by Crippen LogP contribution is 2.29. The van der Waals surface area contributed by atoms with E-state index in [2.05, 4.69) is 21.2 Å². The van der Waals surface area contributed by atoms with Gasteiger partial charge in [0.2, 0.25) is 0 Å². The Bertz CT molecular complexity index is 464. The Labute approximate surface area is 121 Å². The molecule has 0 heterocycles. The summed E-state index contributed by atoms with van der Waals surface area (Å²) in [5.74, 6) is -0.737. The number of carboxylic acids is 1. The van der Waals surface area contributed by atoms with Crippen LogP contribution in [0, 0.1) is 5.92 Å². The fourth-order valence-corrected chi connectivity index (χ4v) is 3.00. The van der Waals surface area contributed by atoms with Gasteiger partial charge in [-0.25, -0.2) is 4.79 Å². The van der Waals surface area contributed by atoms with Gasteiger partial charge in [-0.1, -0.05) is 28.8 Å². The van der Waals surface area contributed by atoms with Crippen molar-refractivity contribution >= 4 is 27.6 Å². The molecular weight excluding hydrogens is 310 g/mol. The molecule has 1 aromatic carbocycles. The molecule has 0 amide bonds. The number of benzene rings is 1. The molecule has 0 radical (unpaired) electrons. The maximum Gasteiger partial charge on any atom is 0.337 e. The molecule has 0 saturated heterocycles. The molecule has 1 fully saturated rings. The third-order valence-electron chi connectivity index (χ3n) is 3.70. The van der Waals surface area contributed by atoms with Crippen molar-refractivity contribution in [2.24, 2.45) is 5.92 Å². The Morgan fingerprint density at radius 2 is 2.11 bits per heavy atom. The minimum atomic E-state index is -0.944. The van der Waals surface area contributed by atoms with Gasteiger partial charge >= 0.3 is 5.97 Å². The van der Waals surface area contributed by atoms with Crippen LogP contribution in [0.15, 0.2) is 22.7 Å². The van der Waals surface area contributed by atoms with E-state index >= 15 is 0 Å². The van der Waals surface area contributed by atoms with Crippen molar-refractivity contribution < 1.29 is 15.0 Å². The zero-order valence-electron chi connectivity index (χ0n) is 10.6. The minimum absolute atomic E-state index is 0.149. The van der Waals surface area contributed by atoms with Gasteiger partial charge in [-0.2, -0.15) is 0 Å². The molecule has 19 heavy (non-hydrogen) atoms. The largest absolute Gasteiger partial charge is 0.478 e. The quantitative estimate of drug-likeness (QED) is 0.794. The molecule has 2 unspecified atom stereocenters. The molecule has 104 valence electrons. The van der Waals surface area contributed by atoms with E-state index < -0.39 is 5.97 Å². The topological polar surface area (TPSA) is 69.6 Å². The highest BCUT2D eigenvalue weighted by molar-refractivity contribution is 9.10. The van der Waals surface area contributed by atoms with Gasteiger partial charge in [-0.3, -0.25) is 0 Å². The number of aromatic carboxylic acids is 1. The van der Waals surface area contributed by atoms with Crippen LogP contribution in [0.3, 0.4) is 0 Å². The maximum atomic E-state index is 11.3. The lowest BCUT2D eigenvalue weighted by molar-refractivity contribution is 0.0697. The average molecular weight is 328 g/mol. The lowest BCUT2D eigenvalue weighted by atomic mass is 9.85. The minimum Gasteiger partial charge on any atom is -0.478 e. The van der Waals surface area contributed by atoms with E-state index in [1.54, 1.807) is 12.1 Å². The number of rotatable bonds is 4. The highest BCUT2D eigenvalue weighted by Gasteiger charge is 2.25. The van der Waals surface area contributed by atoms with Crippen LogP contribution in [0.25, 0.3) is 0 Å². The molecule has 1 aliphatic rings. The lowest BCUT2D eigenvalue weighted by Crippen LogP contribution is -2.34. The molecule has 3 N–H and O–H groups in total. The number of halogens is 1. The first-order chi connectivity index (χ1) is 9.11. The van der Waals surface area contributed by atoms with E-state index in [1.807, 2.05) is 6.07 Å². The molecule has 5 heteroatoms. The standard InChI is InChI=1S/C14H18BrNO3/c15-10-5-6-13(11(7-10)14(18)19)16-12-4-2-1-3-9(12)8-17/h5-7,9,12,16-17H,1-4,8H2,(H,18,19). The Kier molecular flexibility index (Phi) is 4.82. The number of aliphatic hydroxyl groups is 1. The Morgan fingerprint density at radius 3 is 2.79 bits per heavy atom. The summed E-state index contributed by atoms with van der Waals surface area (Å²) in [6.07, 6.45) is 4.22. The summed E-state index contributed by atoms with van der Waals surface area (Å²) >= 11 is 3.28. The van der Waals surface area contributed by atoms with Crippen molar-refractivity contribution in [3.05, 3.63) is 28.2 Å². The Hall–Kier alpha value is -1.07. The summed E-state index contributed by atoms with van der Waals surface area (Å²) in [6, 6.07) is 5.35. The van der Waals surface area contributed by atoms with Crippen LogP contribution in [0.1, 0.15) is 36.0 Å². The molecule has 1 aliphatic carbocycles. The molecule has 0 bridgehead atoms. The molecule has 0 aliphatic heterocycles. The molecule has 2 rings (SSSR count). The predicted molar refractivity (Wildman–Crippen MR) is 77.6 cm³/mol. The predicted octanol–water partition coefficient (Wildman–Crippen LogP) is 3.11. The lowest BCUT2D eigenvalue weighted by Gasteiger charge is -2.32. The van der Waals surface area contributed by atoms with E-state index in [0.717, 1.165) is 30.2 Å². The van der Waals surface area contributed by atoms with Gasteiger partial charge in [0.1, 0.15) is 0 Å². The van der Waals surface area contributed by atoms with Crippen LogP contribution < -0.4 is 5.32 Å². The van der Waals surface area contributed by atoms with Crippen LogP contribution in [0.2, 0.25) is 0 Å². The summed E-state index contributed by atoms with van der Waals surface area (Å²) in [5.41, 5.74) is 0.887. The molecule has 1 aromatic rings. The van der Waals surface area contributed by atoms with Crippen LogP contribution in [-0.2, 0) is 0 Å². The van der Waals surface area contributed by atoms with Crippen LogP contribution in [-0.4, -0.2) is 28.8 Å². The van der Waals surface area contributed by atoms with Gasteiger partial charge in [-0.05, 0) is 31.0 Å². The molecule has 2 atom stereocenters. The van der Waals surface area contributed by atoms with E-state index in [-0.39, 0.29) is 24.1 Å². The SMILES string of the molecule is O=C(O)c1cc(Br)ccc1NC1CCCCC1CO. The number of nitrogens with one attached hydrogen (secondary N) is 1. The van der Waals surface area contributed by atoms with E-state index in [4.69, 9.17) is 0 Å². The van der Waals surface area contributed by atoms with E-state index in [1.165, 1.54) is 0 Å². The molecule has 0 spiro atoms. The molecule has 4 nitrogen and oxygen atoms in total. The van der Waals surface area contributed by atoms with Gasteiger partial charge in [0.05, 0.1) is 5.56 Å². The smallest absolute Gasteiger partial charge is 0.337 e. The van der Waals surface area contributed by atoms with E-state index in [0.29, 0.717) is 5.69 Å². The van der Waals surface area contributed by atoms with Gasteiger partial charge in [0.15, 0.2) is 0 Å². The fourth-order valence-electron chi connectivity index (χ4n) is 2.64. The van der Waals surface area contributed by atoms with Crippen molar-refractivity contribution in [3.8, 4) is 0 Å². The summed E-state index contributed by atoms with van der Waals surface area (Å²) in [7, 11) is 0. The van der Waals surface area contributed by atoms with E-state index in [9.17, 15) is 15.0 Å².